The molecule has 1 fully saturated rings. The number of ether oxygens (including phenoxy) is 1. The van der Waals surface area contributed by atoms with Crippen LogP contribution in [0.25, 0.3) is 0 Å². The second-order valence-electron chi connectivity index (χ2n) is 5.53. The zero-order valence-corrected chi connectivity index (χ0v) is 13.6. The molecule has 0 amide bonds. The van der Waals surface area contributed by atoms with E-state index < -0.39 is 10.0 Å². The first-order chi connectivity index (χ1) is 9.86. The molecule has 0 saturated carbocycles. The van der Waals surface area contributed by atoms with E-state index >= 15 is 0 Å². The second-order valence-corrected chi connectivity index (χ2v) is 7.44. The Kier molecular flexibility index (Phi) is 4.75. The van der Waals surface area contributed by atoms with E-state index in [2.05, 4.69) is 4.90 Å². The number of rotatable bonds is 4. The van der Waals surface area contributed by atoms with Gasteiger partial charge in [0.05, 0.1) is 7.11 Å². The monoisotopic (exact) mass is 313 g/mol. The minimum absolute atomic E-state index is 0.179. The molecule has 1 aliphatic heterocycles. The predicted octanol–water partition coefficient (Wildman–Crippen LogP) is 0.992. The van der Waals surface area contributed by atoms with E-state index in [9.17, 15) is 8.42 Å². The van der Waals surface area contributed by atoms with Crippen LogP contribution in [-0.4, -0.2) is 58.0 Å². The van der Waals surface area contributed by atoms with Crippen molar-refractivity contribution in [1.29, 1.82) is 0 Å². The highest BCUT2D eigenvalue weighted by molar-refractivity contribution is 7.89. The lowest BCUT2D eigenvalue weighted by atomic mass is 10.1. The van der Waals surface area contributed by atoms with E-state index in [4.69, 9.17) is 10.5 Å². The van der Waals surface area contributed by atoms with Crippen LogP contribution >= 0.6 is 0 Å². The summed E-state index contributed by atoms with van der Waals surface area (Å²) in [7, 11) is 1.84. The van der Waals surface area contributed by atoms with Gasteiger partial charge in [-0.1, -0.05) is 0 Å². The van der Waals surface area contributed by atoms with Crippen LogP contribution in [0, 0.1) is 0 Å². The van der Waals surface area contributed by atoms with Gasteiger partial charge in [-0.2, -0.15) is 4.31 Å². The maximum Gasteiger partial charge on any atom is 0.246 e. The van der Waals surface area contributed by atoms with Crippen LogP contribution in [-0.2, 0) is 10.0 Å². The fraction of sp³-hybridized carbons (Fsp3) is 0.571. The van der Waals surface area contributed by atoms with Crippen molar-refractivity contribution >= 4 is 15.7 Å². The fourth-order valence-corrected chi connectivity index (χ4v) is 4.25. The summed E-state index contributed by atoms with van der Waals surface area (Å²) in [4.78, 5) is 2.25. The number of nitrogens with zero attached hydrogens (tertiary/aromatic N) is 2. The number of likely N-dealkylation sites (N-methyl/N-ethyl adjacent to an activating group) is 1. The Morgan fingerprint density at radius 3 is 2.71 bits per heavy atom. The quantitative estimate of drug-likeness (QED) is 0.839. The predicted molar refractivity (Wildman–Crippen MR) is 82.9 cm³/mol. The van der Waals surface area contributed by atoms with Crippen molar-refractivity contribution in [2.24, 2.45) is 0 Å². The number of nitrogens with two attached hydrogens (primary N) is 1. The van der Waals surface area contributed by atoms with E-state index in [1.54, 1.807) is 12.1 Å². The standard InChI is InChI=1S/C14H23N3O3S/c1-16(2)12-5-4-8-17(10-12)21(18,19)14-7-6-11(15)9-13(14)20-3/h6-7,9,12H,4-5,8,10,15H2,1-3H3. The molecule has 6 nitrogen and oxygen atoms in total. The van der Waals surface area contributed by atoms with Crippen LogP contribution in [0.1, 0.15) is 12.8 Å². The first-order valence-electron chi connectivity index (χ1n) is 6.96. The molecule has 1 aromatic rings. The molecule has 1 saturated heterocycles. The Morgan fingerprint density at radius 1 is 1.38 bits per heavy atom. The summed E-state index contributed by atoms with van der Waals surface area (Å²) < 4.78 is 32.4. The van der Waals surface area contributed by atoms with Crippen LogP contribution in [0.2, 0.25) is 0 Å². The number of nitrogen functional groups attached to an aromatic ring is 1. The van der Waals surface area contributed by atoms with E-state index in [0.29, 0.717) is 24.5 Å². The van der Waals surface area contributed by atoms with E-state index in [-0.39, 0.29) is 10.9 Å². The lowest BCUT2D eigenvalue weighted by Crippen LogP contribution is -2.47. The molecule has 0 spiro atoms. The summed E-state index contributed by atoms with van der Waals surface area (Å²) in [6.45, 7) is 1.04. The number of benzene rings is 1. The molecule has 0 aromatic heterocycles. The Hall–Kier alpha value is -1.31. The topological polar surface area (TPSA) is 75.9 Å². The number of sulfonamides is 1. The molecule has 1 unspecified atom stereocenters. The fourth-order valence-electron chi connectivity index (χ4n) is 2.60. The molecule has 2 rings (SSSR count). The van der Waals surface area contributed by atoms with Crippen molar-refractivity contribution in [2.75, 3.05) is 40.0 Å². The summed E-state index contributed by atoms with van der Waals surface area (Å²) in [6.07, 6.45) is 1.87. The molecule has 1 aliphatic rings. The van der Waals surface area contributed by atoms with Gasteiger partial charge in [0.15, 0.2) is 0 Å². The van der Waals surface area contributed by atoms with E-state index in [1.165, 1.54) is 17.5 Å². The molecule has 1 heterocycles. The number of anilines is 1. The van der Waals surface area contributed by atoms with Crippen molar-refractivity contribution in [1.82, 2.24) is 9.21 Å². The number of piperidine rings is 1. The second kappa shape index (κ2) is 6.21. The van der Waals surface area contributed by atoms with Crippen molar-refractivity contribution in [3.8, 4) is 5.75 Å². The first-order valence-corrected chi connectivity index (χ1v) is 8.40. The van der Waals surface area contributed by atoms with Crippen molar-refractivity contribution in [3.05, 3.63) is 18.2 Å². The molecule has 0 bridgehead atoms. The summed E-state index contributed by atoms with van der Waals surface area (Å²) >= 11 is 0. The number of hydrogen-bond acceptors (Lipinski definition) is 5. The summed E-state index contributed by atoms with van der Waals surface area (Å²) in [6, 6.07) is 4.89. The zero-order chi connectivity index (χ0) is 15.6. The van der Waals surface area contributed by atoms with Gasteiger partial charge < -0.3 is 15.4 Å². The molecule has 1 aromatic carbocycles. The highest BCUT2D eigenvalue weighted by Gasteiger charge is 2.32. The third kappa shape index (κ3) is 3.30. The first kappa shape index (κ1) is 16.1. The van der Waals surface area contributed by atoms with E-state index in [0.717, 1.165) is 12.8 Å². The largest absolute Gasteiger partial charge is 0.495 e. The van der Waals surface area contributed by atoms with E-state index in [1.807, 2.05) is 14.1 Å². The van der Waals surface area contributed by atoms with Gasteiger partial charge in [0.25, 0.3) is 0 Å². The van der Waals surface area contributed by atoms with Crippen LogP contribution in [0.3, 0.4) is 0 Å². The Labute approximate surface area is 126 Å². The Bertz CT molecular complexity index is 601. The summed E-state index contributed by atoms with van der Waals surface area (Å²) in [5.41, 5.74) is 6.17. The van der Waals surface area contributed by atoms with Crippen LogP contribution in [0.4, 0.5) is 5.69 Å². The molecule has 1 atom stereocenters. The zero-order valence-electron chi connectivity index (χ0n) is 12.7. The highest BCUT2D eigenvalue weighted by atomic mass is 32.2. The lowest BCUT2D eigenvalue weighted by Gasteiger charge is -2.35. The van der Waals surface area contributed by atoms with Gasteiger partial charge >= 0.3 is 0 Å². The maximum atomic E-state index is 12.8. The summed E-state index contributed by atoms with van der Waals surface area (Å²) in [5.74, 6) is 0.293. The van der Waals surface area contributed by atoms with Gasteiger partial charge in [-0.3, -0.25) is 0 Å². The summed E-state index contributed by atoms with van der Waals surface area (Å²) in [5, 5.41) is 0. The third-order valence-electron chi connectivity index (χ3n) is 3.90. The SMILES string of the molecule is COc1cc(N)ccc1S(=O)(=O)N1CCCC(N(C)C)C1. The Balaban J connectivity index is 2.33. The van der Waals surface area contributed by atoms with Gasteiger partial charge in [0.2, 0.25) is 10.0 Å². The normalized spacial score (nSPS) is 20.7. The average Bonchev–Trinajstić information content (AvgIpc) is 2.46. The van der Waals surface area contributed by atoms with Gasteiger partial charge in [-0.25, -0.2) is 8.42 Å². The average molecular weight is 313 g/mol. The molecule has 0 aliphatic carbocycles. The van der Waals surface area contributed by atoms with Crippen LogP contribution < -0.4 is 10.5 Å². The molecular weight excluding hydrogens is 290 g/mol. The lowest BCUT2D eigenvalue weighted by molar-refractivity contribution is 0.190. The number of methoxy groups -OCH3 is 1. The molecule has 7 heteroatoms. The highest BCUT2D eigenvalue weighted by Crippen LogP contribution is 2.30. The minimum Gasteiger partial charge on any atom is -0.495 e. The minimum atomic E-state index is -3.56. The molecule has 21 heavy (non-hydrogen) atoms. The molecule has 2 N–H and O–H groups in total. The molecule has 0 radical (unpaired) electrons. The van der Waals surface area contributed by atoms with Crippen LogP contribution in [0.5, 0.6) is 5.75 Å². The number of hydrogen-bond donors (Lipinski definition) is 1. The maximum absolute atomic E-state index is 12.8. The molecular formula is C14H23N3O3S. The van der Waals surface area contributed by atoms with Crippen molar-refractivity contribution < 1.29 is 13.2 Å². The van der Waals surface area contributed by atoms with Crippen molar-refractivity contribution in [3.63, 3.8) is 0 Å². The smallest absolute Gasteiger partial charge is 0.246 e. The van der Waals surface area contributed by atoms with Gasteiger partial charge in [-0.05, 0) is 39.1 Å². The Morgan fingerprint density at radius 2 is 2.10 bits per heavy atom. The van der Waals surface area contributed by atoms with Gasteiger partial charge in [-0.15, -0.1) is 0 Å². The molecule has 118 valence electrons. The van der Waals surface area contributed by atoms with Gasteiger partial charge in [0, 0.05) is 30.9 Å². The third-order valence-corrected chi connectivity index (χ3v) is 5.80. The van der Waals surface area contributed by atoms with Crippen LogP contribution in [0.15, 0.2) is 23.1 Å². The van der Waals surface area contributed by atoms with Crippen molar-refractivity contribution in [2.45, 2.75) is 23.8 Å². The van der Waals surface area contributed by atoms with Gasteiger partial charge in [0.1, 0.15) is 10.6 Å².